The number of rotatable bonds is 4. The molecule has 2 heterocycles. The molecule has 2 aromatic rings. The predicted octanol–water partition coefficient (Wildman–Crippen LogP) is 1.73. The highest BCUT2D eigenvalue weighted by molar-refractivity contribution is 6.47. The van der Waals surface area contributed by atoms with Crippen LogP contribution in [0.25, 0.3) is 11.3 Å². The minimum atomic E-state index is -4.68. The molecule has 0 spiro atoms. The highest BCUT2D eigenvalue weighted by atomic mass is 19.4. The third-order valence-electron chi connectivity index (χ3n) is 2.55. The summed E-state index contributed by atoms with van der Waals surface area (Å²) in [6.07, 6.45) is -1.09. The van der Waals surface area contributed by atoms with Crippen molar-refractivity contribution in [1.82, 2.24) is 15.0 Å². The van der Waals surface area contributed by atoms with E-state index in [2.05, 4.69) is 19.6 Å². The van der Waals surface area contributed by atoms with Gasteiger partial charge in [-0.15, -0.1) is 0 Å². The Balaban J connectivity index is 2.54. The van der Waals surface area contributed by atoms with Gasteiger partial charge in [0.25, 0.3) is 0 Å². The first-order chi connectivity index (χ1) is 9.91. The second-order valence-corrected chi connectivity index (χ2v) is 4.06. The minimum absolute atomic E-state index is 0.0768. The maximum atomic E-state index is 12.8. The zero-order valence-electron chi connectivity index (χ0n) is 10.8. The Hall–Kier alpha value is -2.45. The first-order valence-corrected chi connectivity index (χ1v) is 5.76. The molecule has 2 rings (SSSR count). The van der Waals surface area contributed by atoms with Gasteiger partial charge in [0.15, 0.2) is 0 Å². The van der Waals surface area contributed by atoms with Crippen molar-refractivity contribution in [3.8, 4) is 11.3 Å². The van der Waals surface area contributed by atoms with Gasteiger partial charge < -0.3 is 4.65 Å². The first kappa shape index (κ1) is 15.0. The van der Waals surface area contributed by atoms with Gasteiger partial charge in [0.05, 0.1) is 11.3 Å². The molecule has 0 saturated carbocycles. The highest BCUT2D eigenvalue weighted by Crippen LogP contribution is 2.27. The van der Waals surface area contributed by atoms with Gasteiger partial charge in [-0.25, -0.2) is 9.97 Å². The van der Waals surface area contributed by atoms with Crippen LogP contribution in [0, 0.1) is 12.3 Å². The standard InChI is InChI=1S/C12H9BF3N4O/c1-7-5-18-3-2-8(7)9-4-10(13-21-6-17)20-11(19-9)12(14,15)16/h2-6,17H,1H3. The quantitative estimate of drug-likeness (QED) is 0.529. The Labute approximate surface area is 119 Å². The van der Waals surface area contributed by atoms with E-state index in [-0.39, 0.29) is 11.3 Å². The summed E-state index contributed by atoms with van der Waals surface area (Å²) >= 11 is 0. The smallest absolute Gasteiger partial charge is 0.451 e. The molecular formula is C12H9BF3N4O. The molecule has 0 saturated heterocycles. The van der Waals surface area contributed by atoms with Gasteiger partial charge in [-0.2, -0.15) is 13.2 Å². The minimum Gasteiger partial charge on any atom is -0.549 e. The highest BCUT2D eigenvalue weighted by Gasteiger charge is 2.35. The Morgan fingerprint density at radius 1 is 1.33 bits per heavy atom. The van der Waals surface area contributed by atoms with Crippen molar-refractivity contribution in [1.29, 1.82) is 5.41 Å². The topological polar surface area (TPSA) is 71.8 Å². The van der Waals surface area contributed by atoms with Crippen LogP contribution < -0.4 is 5.59 Å². The average molecular weight is 293 g/mol. The number of halogens is 3. The number of hydrogen-bond acceptors (Lipinski definition) is 5. The lowest BCUT2D eigenvalue weighted by molar-refractivity contribution is -0.144. The number of pyridine rings is 1. The second kappa shape index (κ2) is 5.90. The number of aryl methyl sites for hydroxylation is 1. The van der Waals surface area contributed by atoms with E-state index in [0.717, 1.165) is 7.48 Å². The van der Waals surface area contributed by atoms with Crippen LogP contribution in [-0.4, -0.2) is 28.8 Å². The van der Waals surface area contributed by atoms with Gasteiger partial charge in [0.1, 0.15) is 6.40 Å². The summed E-state index contributed by atoms with van der Waals surface area (Å²) in [7, 11) is 0.948. The number of aromatic nitrogens is 3. The molecular weight excluding hydrogens is 284 g/mol. The molecule has 0 bridgehead atoms. The summed E-state index contributed by atoms with van der Waals surface area (Å²) in [6.45, 7) is 1.72. The maximum Gasteiger partial charge on any atom is 0.451 e. The molecule has 0 fully saturated rings. The summed E-state index contributed by atoms with van der Waals surface area (Å²) in [5.41, 5.74) is 1.23. The number of nitrogens with zero attached hydrogens (tertiary/aromatic N) is 3. The Kier molecular flexibility index (Phi) is 4.20. The molecule has 9 heteroatoms. The zero-order chi connectivity index (χ0) is 15.5. The van der Waals surface area contributed by atoms with Crippen molar-refractivity contribution in [3.63, 3.8) is 0 Å². The summed E-state index contributed by atoms with van der Waals surface area (Å²) in [5, 5.41) is 6.73. The molecule has 5 nitrogen and oxygen atoms in total. The van der Waals surface area contributed by atoms with Crippen molar-refractivity contribution in [2.75, 3.05) is 0 Å². The summed E-state index contributed by atoms with van der Waals surface area (Å²) in [5.74, 6) is -1.27. The monoisotopic (exact) mass is 293 g/mol. The molecule has 0 aliphatic carbocycles. The fraction of sp³-hybridized carbons (Fsp3) is 0.167. The number of nitrogens with one attached hydrogen (secondary N) is 1. The molecule has 1 radical (unpaired) electrons. The van der Waals surface area contributed by atoms with Crippen molar-refractivity contribution >= 4 is 19.5 Å². The van der Waals surface area contributed by atoms with Gasteiger partial charge in [-0.05, 0) is 24.6 Å². The van der Waals surface area contributed by atoms with E-state index in [1.54, 1.807) is 13.0 Å². The molecule has 21 heavy (non-hydrogen) atoms. The van der Waals surface area contributed by atoms with Gasteiger partial charge >= 0.3 is 13.7 Å². The van der Waals surface area contributed by atoms with E-state index in [1.165, 1.54) is 18.5 Å². The maximum absolute atomic E-state index is 12.8. The van der Waals surface area contributed by atoms with Crippen molar-refractivity contribution in [2.45, 2.75) is 13.1 Å². The van der Waals surface area contributed by atoms with Crippen molar-refractivity contribution in [2.24, 2.45) is 0 Å². The van der Waals surface area contributed by atoms with Crippen LogP contribution in [0.3, 0.4) is 0 Å². The van der Waals surface area contributed by atoms with E-state index < -0.39 is 12.0 Å². The van der Waals surface area contributed by atoms with E-state index in [4.69, 9.17) is 5.41 Å². The van der Waals surface area contributed by atoms with Crippen LogP contribution >= 0.6 is 0 Å². The summed E-state index contributed by atoms with van der Waals surface area (Å²) < 4.78 is 43.1. The molecule has 1 N–H and O–H groups in total. The van der Waals surface area contributed by atoms with Crippen LogP contribution in [0.5, 0.6) is 0 Å². The fourth-order valence-electron chi connectivity index (χ4n) is 1.66. The lowest BCUT2D eigenvalue weighted by atomic mass is 9.93. The van der Waals surface area contributed by atoms with Gasteiger partial charge in [-0.3, -0.25) is 10.4 Å². The molecule has 0 atom stereocenters. The predicted molar refractivity (Wildman–Crippen MR) is 70.3 cm³/mol. The third kappa shape index (κ3) is 3.56. The second-order valence-electron chi connectivity index (χ2n) is 4.06. The first-order valence-electron chi connectivity index (χ1n) is 5.76. The van der Waals surface area contributed by atoms with E-state index in [0.29, 0.717) is 17.5 Å². The van der Waals surface area contributed by atoms with Crippen molar-refractivity contribution < 1.29 is 17.8 Å². The lowest BCUT2D eigenvalue weighted by Gasteiger charge is -2.10. The SMILES string of the molecule is Cc1cnccc1-c1cc([B]OC=N)nc(C(F)(F)F)n1. The van der Waals surface area contributed by atoms with Gasteiger partial charge in [-0.1, -0.05) is 0 Å². The molecule has 107 valence electrons. The number of alkyl halides is 3. The molecule has 0 unspecified atom stereocenters. The average Bonchev–Trinajstić information content (AvgIpc) is 2.44. The van der Waals surface area contributed by atoms with Crippen molar-refractivity contribution in [3.05, 3.63) is 35.9 Å². The summed E-state index contributed by atoms with van der Waals surface area (Å²) in [4.78, 5) is 10.8. The largest absolute Gasteiger partial charge is 0.549 e. The lowest BCUT2D eigenvalue weighted by Crippen LogP contribution is -2.26. The van der Waals surface area contributed by atoms with Crippen LogP contribution in [0.1, 0.15) is 11.4 Å². The number of hydrogen-bond donors (Lipinski definition) is 1. The van der Waals surface area contributed by atoms with E-state index >= 15 is 0 Å². The van der Waals surface area contributed by atoms with Gasteiger partial charge in [0.2, 0.25) is 5.82 Å². The summed E-state index contributed by atoms with van der Waals surface area (Å²) in [6, 6.07) is 2.92. The van der Waals surface area contributed by atoms with Crippen LogP contribution in [0.15, 0.2) is 24.5 Å². The van der Waals surface area contributed by atoms with E-state index in [1.807, 2.05) is 0 Å². The Bertz CT molecular complexity index is 663. The zero-order valence-corrected chi connectivity index (χ0v) is 10.8. The third-order valence-corrected chi connectivity index (χ3v) is 2.55. The molecule has 2 aromatic heterocycles. The Morgan fingerprint density at radius 2 is 2.10 bits per heavy atom. The van der Waals surface area contributed by atoms with Crippen LogP contribution in [0.4, 0.5) is 13.2 Å². The van der Waals surface area contributed by atoms with E-state index in [9.17, 15) is 13.2 Å². The van der Waals surface area contributed by atoms with Gasteiger partial charge in [0, 0.05) is 18.0 Å². The van der Waals surface area contributed by atoms with Crippen LogP contribution in [-0.2, 0) is 10.8 Å². The molecule has 0 amide bonds. The van der Waals surface area contributed by atoms with Crippen LogP contribution in [0.2, 0.25) is 0 Å². The fourth-order valence-corrected chi connectivity index (χ4v) is 1.66. The molecule has 0 aromatic carbocycles. The molecule has 0 aliphatic heterocycles. The Morgan fingerprint density at radius 3 is 2.71 bits per heavy atom. The normalized spacial score (nSPS) is 11.0. The molecule has 0 aliphatic rings.